The highest BCUT2D eigenvalue weighted by Crippen LogP contribution is 2.21. The Kier molecular flexibility index (Phi) is 7.97. The molecule has 0 amide bonds. The van der Waals surface area contributed by atoms with Crippen molar-refractivity contribution in [3.05, 3.63) is 41.2 Å². The highest BCUT2D eigenvalue weighted by Gasteiger charge is 2.00. The molecule has 1 aromatic carbocycles. The van der Waals surface area contributed by atoms with Crippen LogP contribution in [0.1, 0.15) is 63.9 Å². The first-order valence-electron chi connectivity index (χ1n) is 7.34. The molecule has 0 N–H and O–H groups in total. The Morgan fingerprint density at radius 3 is 2.17 bits per heavy atom. The summed E-state index contributed by atoms with van der Waals surface area (Å²) >= 11 is 0. The highest BCUT2D eigenvalue weighted by molar-refractivity contribution is 5.51. The van der Waals surface area contributed by atoms with Gasteiger partial charge in [-0.05, 0) is 12.0 Å². The van der Waals surface area contributed by atoms with Crippen molar-refractivity contribution in [2.24, 2.45) is 0 Å². The third kappa shape index (κ3) is 5.87. The summed E-state index contributed by atoms with van der Waals surface area (Å²) in [6, 6.07) is 8.00. The van der Waals surface area contributed by atoms with Crippen LogP contribution >= 0.6 is 0 Å². The lowest BCUT2D eigenvalue weighted by molar-refractivity contribution is 0.576. The van der Waals surface area contributed by atoms with Gasteiger partial charge in [-0.2, -0.15) is 0 Å². The molecule has 0 bridgehead atoms. The fourth-order valence-electron chi connectivity index (χ4n) is 2.28. The maximum absolute atomic E-state index is 7.12. The van der Waals surface area contributed by atoms with Gasteiger partial charge < -0.3 is 0 Å². The molecule has 0 saturated carbocycles. The van der Waals surface area contributed by atoms with Crippen molar-refractivity contribution in [2.45, 2.75) is 64.7 Å². The van der Waals surface area contributed by atoms with Gasteiger partial charge in [0.05, 0.1) is 6.57 Å². The van der Waals surface area contributed by atoms with Gasteiger partial charge >= 0.3 is 0 Å². The molecule has 0 aliphatic rings. The number of rotatable bonds is 9. The summed E-state index contributed by atoms with van der Waals surface area (Å²) in [5.41, 5.74) is 2.05. The van der Waals surface area contributed by atoms with Crippen molar-refractivity contribution in [1.82, 2.24) is 0 Å². The molecule has 0 radical (unpaired) electrons. The second-order valence-corrected chi connectivity index (χ2v) is 4.97. The molecule has 0 heterocycles. The molecule has 0 aromatic heterocycles. The lowest BCUT2D eigenvalue weighted by Gasteiger charge is -2.04. The van der Waals surface area contributed by atoms with Crippen LogP contribution in [0.3, 0.4) is 0 Å². The Bertz CT molecular complexity index is 362. The van der Waals surface area contributed by atoms with Crippen molar-refractivity contribution in [1.29, 1.82) is 0 Å². The Hall–Kier alpha value is -1.29. The van der Waals surface area contributed by atoms with E-state index in [9.17, 15) is 0 Å². The van der Waals surface area contributed by atoms with Crippen LogP contribution in [0, 0.1) is 6.57 Å². The van der Waals surface area contributed by atoms with Gasteiger partial charge in [0.1, 0.15) is 0 Å². The summed E-state index contributed by atoms with van der Waals surface area (Å²) < 4.78 is 0. The zero-order chi connectivity index (χ0) is 13.1. The quantitative estimate of drug-likeness (QED) is 0.374. The van der Waals surface area contributed by atoms with E-state index in [2.05, 4.69) is 17.8 Å². The van der Waals surface area contributed by atoms with E-state index in [1.807, 2.05) is 18.2 Å². The van der Waals surface area contributed by atoms with Gasteiger partial charge in [0.25, 0.3) is 0 Å². The maximum atomic E-state index is 7.12. The number of aryl methyl sites for hydroxylation is 1. The average Bonchev–Trinajstić information content (AvgIpc) is 2.42. The van der Waals surface area contributed by atoms with Crippen LogP contribution < -0.4 is 0 Å². The van der Waals surface area contributed by atoms with E-state index >= 15 is 0 Å². The first kappa shape index (κ1) is 14.8. The number of benzene rings is 1. The molecule has 1 aromatic rings. The van der Waals surface area contributed by atoms with Gasteiger partial charge in [-0.3, -0.25) is 0 Å². The van der Waals surface area contributed by atoms with Crippen molar-refractivity contribution in [3.8, 4) is 0 Å². The van der Waals surface area contributed by atoms with Crippen molar-refractivity contribution >= 4 is 5.69 Å². The number of hydrogen-bond donors (Lipinski definition) is 0. The Morgan fingerprint density at radius 1 is 0.889 bits per heavy atom. The molecule has 1 heteroatoms. The predicted molar refractivity (Wildman–Crippen MR) is 79.0 cm³/mol. The Morgan fingerprint density at radius 2 is 1.50 bits per heavy atom. The summed E-state index contributed by atoms with van der Waals surface area (Å²) in [6.45, 7) is 9.38. The molecular formula is C17H25N. The second kappa shape index (κ2) is 9.71. The number of unbranched alkanes of at least 4 members (excludes halogenated alkanes) is 7. The summed E-state index contributed by atoms with van der Waals surface area (Å²) in [7, 11) is 0. The van der Waals surface area contributed by atoms with Gasteiger partial charge in [0.15, 0.2) is 5.69 Å². The normalized spacial score (nSPS) is 10.2. The van der Waals surface area contributed by atoms with Crippen molar-refractivity contribution in [2.75, 3.05) is 0 Å². The molecule has 0 unspecified atom stereocenters. The molecular weight excluding hydrogens is 218 g/mol. The van der Waals surface area contributed by atoms with Crippen molar-refractivity contribution < 1.29 is 0 Å². The SMILES string of the molecule is [C-]#[N+]c1ccccc1CCCCCCCCCC. The third-order valence-corrected chi connectivity index (χ3v) is 3.41. The summed E-state index contributed by atoms with van der Waals surface area (Å²) in [6.07, 6.45) is 11.8. The lowest BCUT2D eigenvalue weighted by atomic mass is 10.0. The van der Waals surface area contributed by atoms with Gasteiger partial charge in [0.2, 0.25) is 0 Å². The maximum Gasteiger partial charge on any atom is 0.190 e. The molecule has 98 valence electrons. The summed E-state index contributed by atoms with van der Waals surface area (Å²) in [4.78, 5) is 3.57. The minimum Gasteiger partial charge on any atom is -0.238 e. The molecule has 0 aliphatic heterocycles. The fourth-order valence-corrected chi connectivity index (χ4v) is 2.28. The molecule has 1 nitrogen and oxygen atoms in total. The zero-order valence-corrected chi connectivity index (χ0v) is 11.6. The Balaban J connectivity index is 2.09. The molecule has 0 fully saturated rings. The molecule has 0 atom stereocenters. The lowest BCUT2D eigenvalue weighted by Crippen LogP contribution is -1.86. The van der Waals surface area contributed by atoms with E-state index < -0.39 is 0 Å². The third-order valence-electron chi connectivity index (χ3n) is 3.41. The molecule has 0 aliphatic carbocycles. The zero-order valence-electron chi connectivity index (χ0n) is 11.6. The molecule has 18 heavy (non-hydrogen) atoms. The molecule has 0 saturated heterocycles. The van der Waals surface area contributed by atoms with Gasteiger partial charge in [-0.25, -0.2) is 4.85 Å². The van der Waals surface area contributed by atoms with Crippen LogP contribution in [0.25, 0.3) is 4.85 Å². The van der Waals surface area contributed by atoms with E-state index in [0.717, 1.165) is 12.1 Å². The first-order chi connectivity index (χ1) is 8.88. The van der Waals surface area contributed by atoms with Crippen LogP contribution in [0.15, 0.2) is 24.3 Å². The standard InChI is InChI=1S/C17H25N/c1-3-4-5-6-7-8-9-10-13-16-14-11-12-15-17(16)18-2/h11-12,14-15H,3-10,13H2,1H3. The molecule has 1 rings (SSSR count). The van der Waals surface area contributed by atoms with Crippen LogP contribution in [0.4, 0.5) is 5.69 Å². The molecule has 0 spiro atoms. The van der Waals surface area contributed by atoms with Gasteiger partial charge in [0, 0.05) is 0 Å². The summed E-state index contributed by atoms with van der Waals surface area (Å²) in [5, 5.41) is 0. The number of hydrogen-bond acceptors (Lipinski definition) is 0. The largest absolute Gasteiger partial charge is 0.238 e. The van der Waals surface area contributed by atoms with E-state index in [1.54, 1.807) is 0 Å². The predicted octanol–water partition coefficient (Wildman–Crippen LogP) is 5.92. The van der Waals surface area contributed by atoms with E-state index in [-0.39, 0.29) is 0 Å². The Labute approximate surface area is 112 Å². The van der Waals surface area contributed by atoms with Crippen LogP contribution in [-0.4, -0.2) is 0 Å². The van der Waals surface area contributed by atoms with Gasteiger partial charge in [-0.15, -0.1) is 0 Å². The van der Waals surface area contributed by atoms with Crippen LogP contribution in [0.5, 0.6) is 0 Å². The van der Waals surface area contributed by atoms with Crippen LogP contribution in [-0.2, 0) is 6.42 Å². The van der Waals surface area contributed by atoms with E-state index in [1.165, 1.54) is 56.9 Å². The second-order valence-electron chi connectivity index (χ2n) is 4.97. The smallest absolute Gasteiger partial charge is 0.190 e. The monoisotopic (exact) mass is 243 g/mol. The van der Waals surface area contributed by atoms with E-state index in [4.69, 9.17) is 6.57 Å². The fraction of sp³-hybridized carbons (Fsp3) is 0.588. The average molecular weight is 243 g/mol. The number of nitrogens with zero attached hydrogens (tertiary/aromatic N) is 1. The number of para-hydroxylation sites is 1. The van der Waals surface area contributed by atoms with Crippen LogP contribution in [0.2, 0.25) is 0 Å². The van der Waals surface area contributed by atoms with Gasteiger partial charge in [-0.1, -0.05) is 82.6 Å². The highest BCUT2D eigenvalue weighted by atomic mass is 14.6. The van der Waals surface area contributed by atoms with Crippen molar-refractivity contribution in [3.63, 3.8) is 0 Å². The topological polar surface area (TPSA) is 4.36 Å². The first-order valence-corrected chi connectivity index (χ1v) is 7.34. The minimum atomic E-state index is 0.834. The summed E-state index contributed by atoms with van der Waals surface area (Å²) in [5.74, 6) is 0. The van der Waals surface area contributed by atoms with E-state index in [0.29, 0.717) is 0 Å². The minimum absolute atomic E-state index is 0.834.